The zero-order valence-corrected chi connectivity index (χ0v) is 15.4. The third-order valence-electron chi connectivity index (χ3n) is 4.59. The van der Waals surface area contributed by atoms with Crippen molar-refractivity contribution in [3.05, 3.63) is 42.6 Å². The molecule has 0 atom stereocenters. The molecule has 0 aliphatic carbocycles. The Hall–Kier alpha value is -2.93. The van der Waals surface area contributed by atoms with Crippen molar-refractivity contribution in [1.29, 1.82) is 0 Å². The van der Waals surface area contributed by atoms with Crippen molar-refractivity contribution < 1.29 is 4.79 Å². The second-order valence-electron chi connectivity index (χ2n) is 7.18. The fraction of sp³-hybridized carbons (Fsp3) is 0.350. The fourth-order valence-corrected chi connectivity index (χ4v) is 3.01. The van der Waals surface area contributed by atoms with Crippen molar-refractivity contribution in [3.8, 4) is 11.4 Å². The molecule has 4 heterocycles. The summed E-state index contributed by atoms with van der Waals surface area (Å²) in [5.74, 6) is 1.09. The van der Waals surface area contributed by atoms with Crippen LogP contribution in [0.4, 0.5) is 5.82 Å². The third-order valence-corrected chi connectivity index (χ3v) is 4.59. The van der Waals surface area contributed by atoms with Gasteiger partial charge in [-0.25, -0.2) is 4.98 Å². The van der Waals surface area contributed by atoms with Crippen LogP contribution in [0.1, 0.15) is 19.5 Å². The maximum Gasteiger partial charge on any atom is 0.145 e. The predicted octanol–water partition coefficient (Wildman–Crippen LogP) is 2.24. The van der Waals surface area contributed by atoms with E-state index in [0.29, 0.717) is 12.1 Å². The minimum Gasteiger partial charge on any atom is -0.367 e. The molecule has 0 aromatic carbocycles. The van der Waals surface area contributed by atoms with Crippen LogP contribution >= 0.6 is 0 Å². The molecule has 2 N–H and O–H groups in total. The largest absolute Gasteiger partial charge is 0.367 e. The number of pyridine rings is 2. The van der Waals surface area contributed by atoms with Gasteiger partial charge < -0.3 is 10.6 Å². The molecule has 0 radical (unpaired) electrons. The van der Waals surface area contributed by atoms with E-state index >= 15 is 0 Å². The second kappa shape index (κ2) is 7.36. The number of anilines is 1. The number of carbonyl (C=O) groups is 1. The van der Waals surface area contributed by atoms with Gasteiger partial charge in [0.1, 0.15) is 17.3 Å². The van der Waals surface area contributed by atoms with Crippen molar-refractivity contribution >= 4 is 22.4 Å². The van der Waals surface area contributed by atoms with Crippen molar-refractivity contribution in [2.24, 2.45) is 5.92 Å². The molecular formula is C20H22N6O. The second-order valence-corrected chi connectivity index (χ2v) is 7.18. The van der Waals surface area contributed by atoms with Gasteiger partial charge in [0.25, 0.3) is 0 Å². The summed E-state index contributed by atoms with van der Waals surface area (Å²) in [7, 11) is 0. The number of hydrogen-bond acceptors (Lipinski definition) is 7. The van der Waals surface area contributed by atoms with Gasteiger partial charge in [-0.3, -0.25) is 19.7 Å². The molecule has 0 saturated carbocycles. The van der Waals surface area contributed by atoms with Crippen LogP contribution < -0.4 is 10.6 Å². The average molecular weight is 362 g/mol. The number of Topliss-reactive ketones (excluding diaryl/α,β-unsaturated/α-hetero) is 1. The Balaban J connectivity index is 1.61. The van der Waals surface area contributed by atoms with Gasteiger partial charge in [-0.15, -0.1) is 0 Å². The number of aromatic nitrogens is 4. The van der Waals surface area contributed by atoms with E-state index in [4.69, 9.17) is 0 Å². The summed E-state index contributed by atoms with van der Waals surface area (Å²) in [5, 5.41) is 8.31. The molecule has 3 aromatic heterocycles. The van der Waals surface area contributed by atoms with Gasteiger partial charge in [0.2, 0.25) is 0 Å². The normalized spacial score (nSPS) is 14.3. The van der Waals surface area contributed by atoms with E-state index in [9.17, 15) is 4.79 Å². The molecule has 0 spiro atoms. The number of fused-ring (bicyclic) bond motifs is 1. The lowest BCUT2D eigenvalue weighted by Crippen LogP contribution is -2.47. The van der Waals surface area contributed by atoms with Crippen molar-refractivity contribution in [1.82, 2.24) is 25.3 Å². The maximum absolute atomic E-state index is 12.2. The molecule has 0 amide bonds. The topological polar surface area (TPSA) is 92.7 Å². The van der Waals surface area contributed by atoms with E-state index in [1.54, 1.807) is 24.8 Å². The van der Waals surface area contributed by atoms with Crippen LogP contribution in [0.5, 0.6) is 0 Å². The van der Waals surface area contributed by atoms with E-state index in [1.165, 1.54) is 0 Å². The molecule has 138 valence electrons. The molecule has 7 heteroatoms. The first kappa shape index (κ1) is 17.5. The Morgan fingerprint density at radius 1 is 1.11 bits per heavy atom. The Labute approximate surface area is 157 Å². The SMILES string of the molecule is CC(C)Nc1cncc(-c2cc3cc(CC(=O)C4CNC4)ncc3cn2)n1. The quantitative estimate of drug-likeness (QED) is 0.694. The lowest BCUT2D eigenvalue weighted by Gasteiger charge is -2.25. The van der Waals surface area contributed by atoms with Crippen LogP contribution in [0.2, 0.25) is 0 Å². The predicted molar refractivity (Wildman–Crippen MR) is 104 cm³/mol. The van der Waals surface area contributed by atoms with Gasteiger partial charge in [0, 0.05) is 54.9 Å². The number of nitrogens with one attached hydrogen (secondary N) is 2. The van der Waals surface area contributed by atoms with Crippen LogP contribution in [0, 0.1) is 5.92 Å². The van der Waals surface area contributed by atoms with Gasteiger partial charge in [-0.05, 0) is 31.4 Å². The van der Waals surface area contributed by atoms with E-state index in [1.807, 2.05) is 12.1 Å². The Morgan fingerprint density at radius 2 is 1.93 bits per heavy atom. The van der Waals surface area contributed by atoms with Gasteiger partial charge in [-0.1, -0.05) is 0 Å². The third kappa shape index (κ3) is 3.93. The molecule has 1 aliphatic rings. The van der Waals surface area contributed by atoms with Crippen LogP contribution in [-0.2, 0) is 11.2 Å². The smallest absolute Gasteiger partial charge is 0.145 e. The highest BCUT2D eigenvalue weighted by atomic mass is 16.1. The van der Waals surface area contributed by atoms with Crippen molar-refractivity contribution in [2.75, 3.05) is 18.4 Å². The molecule has 3 aromatic rings. The number of ketones is 1. The monoisotopic (exact) mass is 362 g/mol. The van der Waals surface area contributed by atoms with Crippen LogP contribution in [0.3, 0.4) is 0 Å². The summed E-state index contributed by atoms with van der Waals surface area (Å²) in [4.78, 5) is 30.0. The first-order valence-electron chi connectivity index (χ1n) is 9.15. The molecule has 0 unspecified atom stereocenters. The Morgan fingerprint density at radius 3 is 2.67 bits per heavy atom. The first-order valence-corrected chi connectivity index (χ1v) is 9.15. The van der Waals surface area contributed by atoms with E-state index in [-0.39, 0.29) is 17.7 Å². The molecule has 1 saturated heterocycles. The summed E-state index contributed by atoms with van der Waals surface area (Å²) in [6, 6.07) is 4.21. The van der Waals surface area contributed by atoms with Gasteiger partial charge in [0.15, 0.2) is 0 Å². The molecule has 1 fully saturated rings. The zero-order chi connectivity index (χ0) is 18.8. The molecule has 4 rings (SSSR count). The lowest BCUT2D eigenvalue weighted by atomic mass is 9.94. The van der Waals surface area contributed by atoms with E-state index in [0.717, 1.165) is 41.1 Å². The Kier molecular flexibility index (Phi) is 4.77. The fourth-order valence-electron chi connectivity index (χ4n) is 3.01. The van der Waals surface area contributed by atoms with Crippen LogP contribution in [-0.4, -0.2) is 44.9 Å². The average Bonchev–Trinajstić information content (AvgIpc) is 2.59. The molecule has 27 heavy (non-hydrogen) atoms. The summed E-state index contributed by atoms with van der Waals surface area (Å²) in [6.07, 6.45) is 7.33. The number of carbonyl (C=O) groups excluding carboxylic acids is 1. The summed E-state index contributed by atoms with van der Waals surface area (Å²) in [6.45, 7) is 5.66. The van der Waals surface area contributed by atoms with Gasteiger partial charge >= 0.3 is 0 Å². The van der Waals surface area contributed by atoms with Crippen LogP contribution in [0.15, 0.2) is 36.9 Å². The molecule has 0 bridgehead atoms. The van der Waals surface area contributed by atoms with E-state index < -0.39 is 0 Å². The standard InChI is InChI=1S/C20H22N6O/c1-12(2)25-20-11-22-10-18(26-20)17-4-13-3-16(23-8-14(13)9-24-17)5-19(27)15-6-21-7-15/h3-4,8-12,15,21H,5-7H2,1-2H3,(H,25,26). The summed E-state index contributed by atoms with van der Waals surface area (Å²) >= 11 is 0. The molecular weight excluding hydrogens is 340 g/mol. The van der Waals surface area contributed by atoms with Gasteiger partial charge in [-0.2, -0.15) is 0 Å². The summed E-state index contributed by atoms with van der Waals surface area (Å²) < 4.78 is 0. The van der Waals surface area contributed by atoms with Crippen LogP contribution in [0.25, 0.3) is 22.2 Å². The molecule has 1 aliphatic heterocycles. The van der Waals surface area contributed by atoms with E-state index in [2.05, 4.69) is 44.4 Å². The highest BCUT2D eigenvalue weighted by Gasteiger charge is 2.24. The van der Waals surface area contributed by atoms with Gasteiger partial charge in [0.05, 0.1) is 18.1 Å². The van der Waals surface area contributed by atoms with Crippen molar-refractivity contribution in [3.63, 3.8) is 0 Å². The molecule has 7 nitrogen and oxygen atoms in total. The number of hydrogen-bond donors (Lipinski definition) is 2. The Bertz CT molecular complexity index is 983. The number of nitrogens with zero attached hydrogens (tertiary/aromatic N) is 4. The summed E-state index contributed by atoms with van der Waals surface area (Å²) in [5.41, 5.74) is 2.24. The van der Waals surface area contributed by atoms with Crippen molar-refractivity contribution in [2.45, 2.75) is 26.3 Å². The highest BCUT2D eigenvalue weighted by molar-refractivity contribution is 5.87. The first-order chi connectivity index (χ1) is 13.1. The maximum atomic E-state index is 12.2. The minimum atomic E-state index is 0.127. The highest BCUT2D eigenvalue weighted by Crippen LogP contribution is 2.22. The minimum absolute atomic E-state index is 0.127. The lowest BCUT2D eigenvalue weighted by molar-refractivity contribution is -0.123. The zero-order valence-electron chi connectivity index (χ0n) is 15.4. The number of rotatable bonds is 6.